The Bertz CT molecular complexity index is 3470. The van der Waals surface area contributed by atoms with Crippen molar-refractivity contribution in [3.05, 3.63) is 204 Å². The number of hydrogen-bond acceptors (Lipinski definition) is 8. The molecule has 0 radical (unpaired) electrons. The Labute approximate surface area is 393 Å². The van der Waals surface area contributed by atoms with E-state index in [-0.39, 0.29) is 0 Å². The number of aliphatic imine (C=N–C) groups is 2. The zero-order valence-corrected chi connectivity index (χ0v) is 37.6. The minimum atomic E-state index is 0.617. The first-order valence-corrected chi connectivity index (χ1v) is 23.4. The molecule has 0 spiro atoms. The van der Waals surface area contributed by atoms with Gasteiger partial charge in [0.25, 0.3) is 0 Å². The maximum absolute atomic E-state index is 4.67. The molecule has 0 aliphatic carbocycles. The summed E-state index contributed by atoms with van der Waals surface area (Å²) < 4.78 is 3.73. The van der Waals surface area contributed by atoms with Crippen LogP contribution in [0.15, 0.2) is 180 Å². The summed E-state index contributed by atoms with van der Waals surface area (Å²) in [5.74, 6) is 0. The summed E-state index contributed by atoms with van der Waals surface area (Å²) in [7, 11) is 0. The van der Waals surface area contributed by atoms with E-state index in [1.807, 2.05) is 34.2 Å². The van der Waals surface area contributed by atoms with Crippen molar-refractivity contribution >= 4 is 77.1 Å². The molecule has 0 bridgehead atoms. The molecule has 0 saturated carbocycles. The van der Waals surface area contributed by atoms with Crippen molar-refractivity contribution in [3.8, 4) is 11.1 Å². The predicted molar refractivity (Wildman–Crippen MR) is 278 cm³/mol. The van der Waals surface area contributed by atoms with Crippen LogP contribution in [-0.2, 0) is 39.3 Å². The third-order valence-electron chi connectivity index (χ3n) is 13.2. The summed E-state index contributed by atoms with van der Waals surface area (Å²) in [6, 6.07) is 56.9. The minimum Gasteiger partial charge on any atom is -0.307 e. The van der Waals surface area contributed by atoms with Gasteiger partial charge in [-0.25, -0.2) is 0 Å². The molecule has 10 nitrogen and oxygen atoms in total. The van der Waals surface area contributed by atoms with Gasteiger partial charge in [0.15, 0.2) is 0 Å². The van der Waals surface area contributed by atoms with Crippen molar-refractivity contribution in [3.63, 3.8) is 0 Å². The van der Waals surface area contributed by atoms with Crippen molar-refractivity contribution in [2.45, 2.75) is 39.3 Å². The van der Waals surface area contributed by atoms with Gasteiger partial charge < -0.3 is 10.6 Å². The molecule has 68 heavy (non-hydrogen) atoms. The van der Waals surface area contributed by atoms with E-state index in [1.54, 1.807) is 0 Å². The molecular weight excluding hydrogens is 837 g/mol. The summed E-state index contributed by atoms with van der Waals surface area (Å²) in [5, 5.41) is 40.4. The Balaban J connectivity index is 0.573. The van der Waals surface area contributed by atoms with Gasteiger partial charge in [-0.3, -0.25) is 19.3 Å². The van der Waals surface area contributed by atoms with Crippen molar-refractivity contribution in [2.75, 3.05) is 13.1 Å². The monoisotopic (exact) mass is 884 g/mol. The fourth-order valence-corrected chi connectivity index (χ4v) is 9.79. The normalized spacial score (nSPS) is 12.3. The first-order valence-electron chi connectivity index (χ1n) is 23.4. The topological polar surface area (TPSA) is 110 Å². The van der Waals surface area contributed by atoms with Gasteiger partial charge in [-0.05, 0) is 98.0 Å². The van der Waals surface area contributed by atoms with Gasteiger partial charge in [0, 0.05) is 51.0 Å². The first-order chi connectivity index (χ1) is 33.7. The van der Waals surface area contributed by atoms with Gasteiger partial charge in [0.05, 0.1) is 37.6 Å². The zero-order valence-electron chi connectivity index (χ0n) is 37.6. The van der Waals surface area contributed by atoms with Gasteiger partial charge in [-0.2, -0.15) is 0 Å². The van der Waals surface area contributed by atoms with Crippen LogP contribution in [-0.4, -0.2) is 55.5 Å². The van der Waals surface area contributed by atoms with Crippen LogP contribution < -0.4 is 10.6 Å². The molecule has 10 heteroatoms. The second-order valence-electron chi connectivity index (χ2n) is 17.6. The molecule has 10 aromatic carbocycles. The molecule has 0 unspecified atom stereocenters. The van der Waals surface area contributed by atoms with Crippen molar-refractivity contribution in [2.24, 2.45) is 9.98 Å². The molecule has 2 aromatic heterocycles. The van der Waals surface area contributed by atoms with Crippen LogP contribution >= 0.6 is 0 Å². The van der Waals surface area contributed by atoms with Crippen molar-refractivity contribution < 1.29 is 0 Å². The molecule has 0 fully saturated rings. The van der Waals surface area contributed by atoms with Gasteiger partial charge in [0.1, 0.15) is 0 Å². The second-order valence-corrected chi connectivity index (χ2v) is 17.6. The summed E-state index contributed by atoms with van der Waals surface area (Å²) in [5.41, 5.74) is 8.82. The quantitative estimate of drug-likeness (QED) is 0.0696. The maximum atomic E-state index is 4.67. The Morgan fingerprint density at radius 1 is 0.397 bits per heavy atom. The van der Waals surface area contributed by atoms with E-state index in [0.717, 1.165) is 46.7 Å². The highest BCUT2D eigenvalue weighted by atomic mass is 15.4. The molecule has 330 valence electrons. The standard InChI is InChI=1S/C58H48N10/c1-3-43-15-17-47-19-21-49(53-25-23-45(5-1)55(43)57(47)53)33-61-35-51-37-67(65-63-51)29-27-59-31-39-7-11-41(12-8-39)42-13-9-40(10-14-42)32-60-28-30-68-38-52(64-66-68)36-62-34-50-22-20-48-18-16-44-4-2-6-46-24-26-54(50)58(48)56(44)46/h1-26,31-32,37-38,61-62H,27-30,33-36H2. The first kappa shape index (κ1) is 41.3. The van der Waals surface area contributed by atoms with E-state index in [4.69, 9.17) is 0 Å². The fraction of sp³-hybridized carbons (Fsp3) is 0.138. The van der Waals surface area contributed by atoms with E-state index >= 15 is 0 Å². The lowest BCUT2D eigenvalue weighted by molar-refractivity contribution is 0.599. The number of benzene rings is 10. The maximum Gasteiger partial charge on any atom is 0.0964 e. The van der Waals surface area contributed by atoms with Crippen LogP contribution in [0.5, 0.6) is 0 Å². The summed E-state index contributed by atoms with van der Waals surface area (Å²) in [4.78, 5) is 9.34. The molecule has 12 rings (SSSR count). The second kappa shape index (κ2) is 18.2. The van der Waals surface area contributed by atoms with E-state index in [2.05, 4.69) is 199 Å². The van der Waals surface area contributed by atoms with Gasteiger partial charge >= 0.3 is 0 Å². The fourth-order valence-electron chi connectivity index (χ4n) is 9.79. The summed E-state index contributed by atoms with van der Waals surface area (Å²) >= 11 is 0. The number of aromatic nitrogens is 6. The third kappa shape index (κ3) is 8.32. The van der Waals surface area contributed by atoms with Crippen LogP contribution in [0.2, 0.25) is 0 Å². The smallest absolute Gasteiger partial charge is 0.0964 e. The van der Waals surface area contributed by atoms with E-state index in [9.17, 15) is 0 Å². The van der Waals surface area contributed by atoms with E-state index in [0.29, 0.717) is 39.3 Å². The zero-order chi connectivity index (χ0) is 45.2. The molecule has 2 N–H and O–H groups in total. The molecule has 12 aromatic rings. The van der Waals surface area contributed by atoms with Crippen molar-refractivity contribution in [1.82, 2.24) is 40.6 Å². The Kier molecular flexibility index (Phi) is 11.1. The highest BCUT2D eigenvalue weighted by molar-refractivity contribution is 6.24. The largest absolute Gasteiger partial charge is 0.307 e. The lowest BCUT2D eigenvalue weighted by Crippen LogP contribution is -2.13. The summed E-state index contributed by atoms with van der Waals surface area (Å²) in [6.07, 6.45) is 7.85. The molecule has 0 atom stereocenters. The SMILES string of the molecule is C(=NCCn1cc(CNCc2ccc3ccc4cccc5ccc2c3c45)nn1)c1ccc(-c2ccc(C=NCCn3cc(CNCc4ccc5ccc6cccc7ccc4c5c67)nn3)cc2)cc1. The molecule has 2 heterocycles. The van der Waals surface area contributed by atoms with Crippen LogP contribution in [0.3, 0.4) is 0 Å². The number of rotatable bonds is 17. The number of hydrogen-bond donors (Lipinski definition) is 2. The average molecular weight is 885 g/mol. The van der Waals surface area contributed by atoms with Gasteiger partial charge in [-0.15, -0.1) is 10.2 Å². The minimum absolute atomic E-state index is 0.617. The third-order valence-corrected chi connectivity index (χ3v) is 13.2. The van der Waals surface area contributed by atoms with Gasteiger partial charge in [-0.1, -0.05) is 168 Å². The summed E-state index contributed by atoms with van der Waals surface area (Å²) in [6.45, 7) is 5.36. The van der Waals surface area contributed by atoms with Crippen LogP contribution in [0.25, 0.3) is 75.8 Å². The average Bonchev–Trinajstić information content (AvgIpc) is 4.05. The van der Waals surface area contributed by atoms with Crippen LogP contribution in [0, 0.1) is 0 Å². The lowest BCUT2D eigenvalue weighted by Gasteiger charge is -2.14. The van der Waals surface area contributed by atoms with Gasteiger partial charge in [0.2, 0.25) is 0 Å². The number of nitrogens with zero attached hydrogens (tertiary/aromatic N) is 8. The van der Waals surface area contributed by atoms with E-state index < -0.39 is 0 Å². The molecule has 0 aliphatic heterocycles. The lowest BCUT2D eigenvalue weighted by atomic mass is 9.92. The Morgan fingerprint density at radius 3 is 1.21 bits per heavy atom. The highest BCUT2D eigenvalue weighted by Gasteiger charge is 2.13. The van der Waals surface area contributed by atoms with Crippen LogP contribution in [0.4, 0.5) is 0 Å². The highest BCUT2D eigenvalue weighted by Crippen LogP contribution is 2.37. The van der Waals surface area contributed by atoms with Crippen LogP contribution in [0.1, 0.15) is 33.6 Å². The van der Waals surface area contributed by atoms with Crippen molar-refractivity contribution in [1.29, 1.82) is 0 Å². The number of nitrogens with one attached hydrogen (secondary N) is 2. The molecule has 0 amide bonds. The molecular formula is C58H48N10. The Hall–Kier alpha value is -8.18. The predicted octanol–water partition coefficient (Wildman–Crippen LogP) is 11.1. The Morgan fingerprint density at radius 2 is 0.779 bits per heavy atom. The molecule has 0 aliphatic rings. The molecule has 0 saturated heterocycles. The van der Waals surface area contributed by atoms with E-state index in [1.165, 1.54) is 75.8 Å².